The van der Waals surface area contributed by atoms with Gasteiger partial charge in [0.15, 0.2) is 0 Å². The van der Waals surface area contributed by atoms with Crippen molar-refractivity contribution in [2.75, 3.05) is 24.7 Å². The van der Waals surface area contributed by atoms with Gasteiger partial charge in [-0.3, -0.25) is 0 Å². The smallest absolute Gasteiger partial charge is 0.0890 e. The molecule has 1 aromatic carbocycles. The van der Waals surface area contributed by atoms with E-state index in [2.05, 4.69) is 43.9 Å². The van der Waals surface area contributed by atoms with E-state index >= 15 is 0 Å². The van der Waals surface area contributed by atoms with Crippen LogP contribution in [0.3, 0.4) is 0 Å². The highest BCUT2D eigenvalue weighted by atomic mass is 16.5. The lowest BCUT2D eigenvalue weighted by molar-refractivity contribution is 0.0375. The van der Waals surface area contributed by atoms with Gasteiger partial charge in [0.2, 0.25) is 0 Å². The minimum Gasteiger partial charge on any atom is -0.374 e. The fraction of sp³-hybridized carbons (Fsp3) is 0.684. The third-order valence-corrected chi connectivity index (χ3v) is 5.68. The summed E-state index contributed by atoms with van der Waals surface area (Å²) in [5.74, 6) is 1.30. The van der Waals surface area contributed by atoms with Crippen LogP contribution >= 0.6 is 0 Å². The fourth-order valence-corrected chi connectivity index (χ4v) is 4.68. The van der Waals surface area contributed by atoms with Gasteiger partial charge >= 0.3 is 0 Å². The van der Waals surface area contributed by atoms with Gasteiger partial charge in [0.25, 0.3) is 0 Å². The van der Waals surface area contributed by atoms with Crippen LogP contribution in [0.4, 0.5) is 5.69 Å². The molecule has 0 bridgehead atoms. The first-order valence-corrected chi connectivity index (χ1v) is 8.83. The summed E-state index contributed by atoms with van der Waals surface area (Å²) >= 11 is 0. The summed E-state index contributed by atoms with van der Waals surface area (Å²) < 4.78 is 12.2. The summed E-state index contributed by atoms with van der Waals surface area (Å²) in [6.07, 6.45) is 2.85. The van der Waals surface area contributed by atoms with Crippen LogP contribution in [0, 0.1) is 11.8 Å². The van der Waals surface area contributed by atoms with Crippen LogP contribution in [-0.4, -0.2) is 25.8 Å². The number of ether oxygens (including phenoxy) is 2. The summed E-state index contributed by atoms with van der Waals surface area (Å²) in [6, 6.07) is 7.31. The van der Waals surface area contributed by atoms with Crippen molar-refractivity contribution in [3.63, 3.8) is 0 Å². The highest BCUT2D eigenvalue weighted by Gasteiger charge is 2.45. The summed E-state index contributed by atoms with van der Waals surface area (Å²) in [6.45, 7) is 9.63. The van der Waals surface area contributed by atoms with E-state index in [1.165, 1.54) is 23.2 Å². The first-order valence-electron chi connectivity index (χ1n) is 8.83. The third kappa shape index (κ3) is 2.10. The summed E-state index contributed by atoms with van der Waals surface area (Å²) in [4.78, 5) is 2.68. The van der Waals surface area contributed by atoms with Gasteiger partial charge in [-0.1, -0.05) is 32.0 Å². The van der Waals surface area contributed by atoms with E-state index in [0.29, 0.717) is 24.0 Å². The molecule has 4 rings (SSSR count). The molecule has 3 nitrogen and oxygen atoms in total. The lowest BCUT2D eigenvalue weighted by atomic mass is 9.79. The molecule has 3 aliphatic heterocycles. The zero-order valence-corrected chi connectivity index (χ0v) is 13.9. The second-order valence-electron chi connectivity index (χ2n) is 7.27. The van der Waals surface area contributed by atoms with Crippen LogP contribution in [0.2, 0.25) is 0 Å². The predicted octanol–water partition coefficient (Wildman–Crippen LogP) is 4.09. The SMILES string of the molecule is CCO[C@@H]1C[C@H](C(C)C)N2C[C@@H]3CCO[C@@H]3c3cccc1c32. The Labute approximate surface area is 133 Å². The van der Waals surface area contributed by atoms with Crippen LogP contribution in [0.15, 0.2) is 18.2 Å². The molecule has 0 radical (unpaired) electrons. The van der Waals surface area contributed by atoms with E-state index in [1.54, 1.807) is 0 Å². The zero-order valence-electron chi connectivity index (χ0n) is 13.9. The standard InChI is InChI=1S/C19H27NO2/c1-4-21-17-10-16(12(2)3)20-11-13-8-9-22-19(13)15-7-5-6-14(17)18(15)20/h5-7,12-13,16-17,19H,4,8-11H2,1-3H3/t13-,16+,17+,19-/m0/s1. The Balaban J connectivity index is 1.84. The van der Waals surface area contributed by atoms with Crippen LogP contribution in [0.5, 0.6) is 0 Å². The minimum absolute atomic E-state index is 0.238. The Morgan fingerprint density at radius 3 is 2.91 bits per heavy atom. The van der Waals surface area contributed by atoms with Gasteiger partial charge in [0.1, 0.15) is 0 Å². The minimum atomic E-state index is 0.238. The van der Waals surface area contributed by atoms with Crippen LogP contribution < -0.4 is 4.90 Å². The molecular formula is C19H27NO2. The monoisotopic (exact) mass is 301 g/mol. The van der Waals surface area contributed by atoms with Gasteiger partial charge < -0.3 is 14.4 Å². The van der Waals surface area contributed by atoms with Crippen molar-refractivity contribution in [3.8, 4) is 0 Å². The number of fused-ring (bicyclic) bond motifs is 2. The van der Waals surface area contributed by atoms with Crippen LogP contribution in [-0.2, 0) is 9.47 Å². The van der Waals surface area contributed by atoms with Crippen molar-refractivity contribution in [2.45, 2.75) is 51.9 Å². The Kier molecular flexibility index (Phi) is 3.66. The summed E-state index contributed by atoms with van der Waals surface area (Å²) in [5, 5.41) is 0. The van der Waals surface area contributed by atoms with E-state index in [-0.39, 0.29) is 6.10 Å². The van der Waals surface area contributed by atoms with Gasteiger partial charge in [0.05, 0.1) is 12.2 Å². The third-order valence-electron chi connectivity index (χ3n) is 5.68. The van der Waals surface area contributed by atoms with E-state index in [9.17, 15) is 0 Å². The number of hydrogen-bond acceptors (Lipinski definition) is 3. The molecule has 0 aliphatic carbocycles. The van der Waals surface area contributed by atoms with Crippen molar-refractivity contribution >= 4 is 5.69 Å². The molecule has 0 spiro atoms. The molecule has 1 aromatic rings. The van der Waals surface area contributed by atoms with E-state index in [4.69, 9.17) is 9.47 Å². The highest BCUT2D eigenvalue weighted by molar-refractivity contribution is 5.66. The zero-order chi connectivity index (χ0) is 15.3. The molecule has 0 amide bonds. The number of hydrogen-bond donors (Lipinski definition) is 0. The number of para-hydroxylation sites is 1. The first kappa shape index (κ1) is 14.5. The second kappa shape index (κ2) is 5.54. The number of anilines is 1. The molecule has 120 valence electrons. The molecule has 3 heteroatoms. The molecule has 0 aromatic heterocycles. The van der Waals surface area contributed by atoms with E-state index in [0.717, 1.165) is 26.2 Å². The van der Waals surface area contributed by atoms with E-state index < -0.39 is 0 Å². The summed E-state index contributed by atoms with van der Waals surface area (Å²) in [5.41, 5.74) is 4.21. The average Bonchev–Trinajstić information content (AvgIpc) is 2.98. The Bertz CT molecular complexity index is 556. The maximum absolute atomic E-state index is 6.11. The van der Waals surface area contributed by atoms with Gasteiger partial charge in [0, 0.05) is 48.5 Å². The Hall–Kier alpha value is -1.06. The fourth-order valence-electron chi connectivity index (χ4n) is 4.68. The molecular weight excluding hydrogens is 274 g/mol. The quantitative estimate of drug-likeness (QED) is 0.839. The van der Waals surface area contributed by atoms with Crippen molar-refractivity contribution in [1.29, 1.82) is 0 Å². The van der Waals surface area contributed by atoms with Gasteiger partial charge in [-0.25, -0.2) is 0 Å². The van der Waals surface area contributed by atoms with Crippen molar-refractivity contribution in [2.24, 2.45) is 11.8 Å². The molecule has 0 saturated carbocycles. The molecule has 0 N–H and O–H groups in total. The number of nitrogens with zero attached hydrogens (tertiary/aromatic N) is 1. The Morgan fingerprint density at radius 1 is 1.32 bits per heavy atom. The van der Waals surface area contributed by atoms with Gasteiger partial charge in [-0.05, 0) is 25.7 Å². The maximum atomic E-state index is 6.11. The van der Waals surface area contributed by atoms with Gasteiger partial charge in [-0.15, -0.1) is 0 Å². The maximum Gasteiger partial charge on any atom is 0.0890 e. The molecule has 3 aliphatic rings. The van der Waals surface area contributed by atoms with Crippen molar-refractivity contribution in [3.05, 3.63) is 29.3 Å². The topological polar surface area (TPSA) is 21.7 Å². The number of benzene rings is 1. The van der Waals surface area contributed by atoms with Crippen molar-refractivity contribution in [1.82, 2.24) is 0 Å². The first-order chi connectivity index (χ1) is 10.7. The van der Waals surface area contributed by atoms with Crippen molar-refractivity contribution < 1.29 is 9.47 Å². The Morgan fingerprint density at radius 2 is 2.14 bits per heavy atom. The van der Waals surface area contributed by atoms with Crippen LogP contribution in [0.1, 0.15) is 56.9 Å². The summed E-state index contributed by atoms with van der Waals surface area (Å²) in [7, 11) is 0. The largest absolute Gasteiger partial charge is 0.374 e. The second-order valence-corrected chi connectivity index (χ2v) is 7.27. The molecule has 1 saturated heterocycles. The lowest BCUT2D eigenvalue weighted by Gasteiger charge is -2.49. The lowest BCUT2D eigenvalue weighted by Crippen LogP contribution is -2.49. The molecule has 0 unspecified atom stereocenters. The van der Waals surface area contributed by atoms with Crippen LogP contribution in [0.25, 0.3) is 0 Å². The highest BCUT2D eigenvalue weighted by Crippen LogP contribution is 2.52. The molecule has 4 atom stereocenters. The molecule has 22 heavy (non-hydrogen) atoms. The molecule has 1 fully saturated rings. The average molecular weight is 301 g/mol. The number of rotatable bonds is 3. The molecule has 3 heterocycles. The van der Waals surface area contributed by atoms with Gasteiger partial charge in [-0.2, -0.15) is 0 Å². The predicted molar refractivity (Wildman–Crippen MR) is 88.2 cm³/mol. The normalized spacial score (nSPS) is 33.0. The van der Waals surface area contributed by atoms with E-state index in [1.807, 2.05) is 0 Å².